The monoisotopic (exact) mass is 310 g/mol. The van der Waals surface area contributed by atoms with E-state index in [1.807, 2.05) is 60.9 Å². The lowest BCUT2D eigenvalue weighted by atomic mass is 10.0. The van der Waals surface area contributed by atoms with E-state index in [2.05, 4.69) is 28.8 Å². The number of hydrogen-bond acceptors (Lipinski definition) is 2. The van der Waals surface area contributed by atoms with Crippen molar-refractivity contribution >= 4 is 21.9 Å². The van der Waals surface area contributed by atoms with Crippen molar-refractivity contribution in [1.29, 1.82) is 0 Å². The Hall–Kier alpha value is -3.33. The zero-order valence-corrected chi connectivity index (χ0v) is 12.9. The van der Waals surface area contributed by atoms with Gasteiger partial charge >= 0.3 is 0 Å². The largest absolute Gasteiger partial charge is 0.436 e. The van der Waals surface area contributed by atoms with Crippen molar-refractivity contribution in [3.63, 3.8) is 0 Å². The summed E-state index contributed by atoms with van der Waals surface area (Å²) in [6.07, 6.45) is 4.04. The number of fused-ring (bicyclic) bond motifs is 2. The Morgan fingerprint density at radius 2 is 1.62 bits per heavy atom. The predicted octanol–water partition coefficient (Wildman–Crippen LogP) is 5.44. The van der Waals surface area contributed by atoms with Crippen molar-refractivity contribution in [2.75, 3.05) is 0 Å². The van der Waals surface area contributed by atoms with Gasteiger partial charge in [-0.1, -0.05) is 36.4 Å². The summed E-state index contributed by atoms with van der Waals surface area (Å²) in [5.41, 5.74) is 3.76. The van der Waals surface area contributed by atoms with Crippen LogP contribution in [0.15, 0.2) is 89.6 Å². The first kappa shape index (κ1) is 13.1. The fraction of sp³-hybridized carbons (Fsp3) is 0. The molecule has 0 unspecified atom stereocenters. The quantitative estimate of drug-likeness (QED) is 0.435. The van der Waals surface area contributed by atoms with Crippen molar-refractivity contribution in [2.24, 2.45) is 0 Å². The van der Waals surface area contributed by atoms with Crippen molar-refractivity contribution in [1.82, 2.24) is 9.55 Å². The molecule has 5 rings (SSSR count). The van der Waals surface area contributed by atoms with Crippen LogP contribution < -0.4 is 0 Å². The minimum Gasteiger partial charge on any atom is -0.436 e. The van der Waals surface area contributed by atoms with E-state index >= 15 is 0 Å². The van der Waals surface area contributed by atoms with Gasteiger partial charge < -0.3 is 8.98 Å². The molecule has 5 aromatic rings. The number of hydrogen-bond donors (Lipinski definition) is 0. The molecule has 114 valence electrons. The highest BCUT2D eigenvalue weighted by atomic mass is 16.3. The highest BCUT2D eigenvalue weighted by molar-refractivity contribution is 5.95. The number of rotatable bonds is 2. The lowest BCUT2D eigenvalue weighted by molar-refractivity contribution is 0.620. The first-order valence-electron chi connectivity index (χ1n) is 7.90. The first-order valence-corrected chi connectivity index (χ1v) is 7.90. The lowest BCUT2D eigenvalue weighted by Crippen LogP contribution is -1.88. The maximum absolute atomic E-state index is 6.01. The standard InChI is InChI=1S/C21H14N2O/c1-2-8-17-15(6-1)7-5-9-18(17)21-22-19-14-16(10-11-20(19)24-21)23-12-3-4-13-23/h1-14H. The molecule has 0 bridgehead atoms. The molecule has 0 saturated carbocycles. The van der Waals surface area contributed by atoms with Crippen LogP contribution in [0.2, 0.25) is 0 Å². The van der Waals surface area contributed by atoms with Crippen LogP contribution in [0.25, 0.3) is 39.0 Å². The molecule has 0 amide bonds. The second kappa shape index (κ2) is 5.10. The average Bonchev–Trinajstić information content (AvgIpc) is 3.30. The molecule has 0 saturated heterocycles. The van der Waals surface area contributed by atoms with Crippen molar-refractivity contribution in [3.05, 3.63) is 85.2 Å². The highest BCUT2D eigenvalue weighted by Crippen LogP contribution is 2.31. The van der Waals surface area contributed by atoms with Crippen LogP contribution in [0, 0.1) is 0 Å². The minimum absolute atomic E-state index is 0.659. The third-order valence-electron chi connectivity index (χ3n) is 4.29. The third kappa shape index (κ3) is 2.02. The number of benzene rings is 3. The van der Waals surface area contributed by atoms with Crippen molar-refractivity contribution < 1.29 is 4.42 Å². The van der Waals surface area contributed by atoms with Crippen LogP contribution in [-0.2, 0) is 0 Å². The molecule has 0 aliphatic carbocycles. The molecule has 0 N–H and O–H groups in total. The summed E-state index contributed by atoms with van der Waals surface area (Å²) in [6.45, 7) is 0. The molecule has 3 aromatic carbocycles. The average molecular weight is 310 g/mol. The molecule has 2 heterocycles. The Balaban J connectivity index is 1.70. The molecule has 2 aromatic heterocycles. The van der Waals surface area contributed by atoms with E-state index in [-0.39, 0.29) is 0 Å². The lowest BCUT2D eigenvalue weighted by Gasteiger charge is -2.01. The fourth-order valence-electron chi connectivity index (χ4n) is 3.11. The predicted molar refractivity (Wildman–Crippen MR) is 96.3 cm³/mol. The molecule has 0 radical (unpaired) electrons. The van der Waals surface area contributed by atoms with E-state index < -0.39 is 0 Å². The van der Waals surface area contributed by atoms with Crippen LogP contribution in [0.5, 0.6) is 0 Å². The van der Waals surface area contributed by atoms with Crippen molar-refractivity contribution in [3.8, 4) is 17.1 Å². The van der Waals surface area contributed by atoms with E-state index in [0.29, 0.717) is 5.89 Å². The normalized spacial score (nSPS) is 11.3. The fourth-order valence-corrected chi connectivity index (χ4v) is 3.11. The SMILES string of the molecule is c1ccc2c(-c3nc4cc(-n5cccc5)ccc4o3)cccc2c1. The van der Waals surface area contributed by atoms with Gasteiger partial charge in [0.05, 0.1) is 0 Å². The summed E-state index contributed by atoms with van der Waals surface area (Å²) < 4.78 is 8.08. The molecule has 24 heavy (non-hydrogen) atoms. The Labute approximate surface area is 138 Å². The van der Waals surface area contributed by atoms with E-state index in [1.165, 1.54) is 5.39 Å². The molecule has 3 heteroatoms. The van der Waals surface area contributed by atoms with Crippen molar-refractivity contribution in [2.45, 2.75) is 0 Å². The van der Waals surface area contributed by atoms with Gasteiger partial charge in [-0.25, -0.2) is 4.98 Å². The number of nitrogens with zero attached hydrogens (tertiary/aromatic N) is 2. The Bertz CT molecular complexity index is 1150. The third-order valence-corrected chi connectivity index (χ3v) is 4.29. The van der Waals surface area contributed by atoms with E-state index in [4.69, 9.17) is 9.40 Å². The molecular formula is C21H14N2O. The second-order valence-electron chi connectivity index (χ2n) is 5.79. The molecule has 0 atom stereocenters. The van der Waals surface area contributed by atoms with Gasteiger partial charge in [-0.15, -0.1) is 0 Å². The summed E-state index contributed by atoms with van der Waals surface area (Å²) in [5, 5.41) is 2.34. The summed E-state index contributed by atoms with van der Waals surface area (Å²) in [5.74, 6) is 0.659. The van der Waals surface area contributed by atoms with E-state index in [1.54, 1.807) is 0 Å². The zero-order chi connectivity index (χ0) is 15.9. The molecule has 0 fully saturated rings. The number of aromatic nitrogens is 2. The van der Waals surface area contributed by atoms with Gasteiger partial charge in [0.2, 0.25) is 5.89 Å². The first-order chi connectivity index (χ1) is 11.9. The van der Waals surface area contributed by atoms with Gasteiger partial charge in [-0.05, 0) is 47.2 Å². The maximum atomic E-state index is 6.01. The van der Waals surface area contributed by atoms with E-state index in [9.17, 15) is 0 Å². The molecule has 0 spiro atoms. The maximum Gasteiger partial charge on any atom is 0.227 e. The summed E-state index contributed by atoms with van der Waals surface area (Å²) >= 11 is 0. The Morgan fingerprint density at radius 1 is 0.792 bits per heavy atom. The zero-order valence-electron chi connectivity index (χ0n) is 12.9. The van der Waals surface area contributed by atoms with Crippen LogP contribution in [-0.4, -0.2) is 9.55 Å². The molecule has 3 nitrogen and oxygen atoms in total. The van der Waals surface area contributed by atoms with Crippen LogP contribution in [0.1, 0.15) is 0 Å². The van der Waals surface area contributed by atoms with Crippen LogP contribution in [0.4, 0.5) is 0 Å². The molecular weight excluding hydrogens is 296 g/mol. The van der Waals surface area contributed by atoms with Gasteiger partial charge in [0, 0.05) is 23.6 Å². The van der Waals surface area contributed by atoms with Crippen LogP contribution in [0.3, 0.4) is 0 Å². The highest BCUT2D eigenvalue weighted by Gasteiger charge is 2.11. The molecule has 0 aliphatic rings. The minimum atomic E-state index is 0.659. The summed E-state index contributed by atoms with van der Waals surface area (Å²) in [6, 6.07) is 24.6. The van der Waals surface area contributed by atoms with Gasteiger partial charge in [0.25, 0.3) is 0 Å². The van der Waals surface area contributed by atoms with Gasteiger partial charge in [0.15, 0.2) is 5.58 Å². The van der Waals surface area contributed by atoms with Crippen LogP contribution >= 0.6 is 0 Å². The summed E-state index contributed by atoms with van der Waals surface area (Å²) in [7, 11) is 0. The van der Waals surface area contributed by atoms with E-state index in [0.717, 1.165) is 27.7 Å². The van der Waals surface area contributed by atoms with Gasteiger partial charge in [0.1, 0.15) is 5.52 Å². The van der Waals surface area contributed by atoms with Gasteiger partial charge in [-0.2, -0.15) is 0 Å². The topological polar surface area (TPSA) is 31.0 Å². The smallest absolute Gasteiger partial charge is 0.227 e. The molecule has 0 aliphatic heterocycles. The second-order valence-corrected chi connectivity index (χ2v) is 5.79. The Morgan fingerprint density at radius 3 is 2.54 bits per heavy atom. The number of oxazole rings is 1. The van der Waals surface area contributed by atoms with Gasteiger partial charge in [-0.3, -0.25) is 0 Å². The Kier molecular flexibility index (Phi) is 2.79. The summed E-state index contributed by atoms with van der Waals surface area (Å²) in [4.78, 5) is 4.72.